The molecule has 1 atom stereocenters. The number of hydrogen-bond donors (Lipinski definition) is 1. The second kappa shape index (κ2) is 9.45. The van der Waals surface area contributed by atoms with Gasteiger partial charge in [0.15, 0.2) is 0 Å². The summed E-state index contributed by atoms with van der Waals surface area (Å²) in [6.45, 7) is 6.44. The minimum Gasteiger partial charge on any atom is -0.354 e. The van der Waals surface area contributed by atoms with E-state index in [1.807, 2.05) is 68.4 Å². The van der Waals surface area contributed by atoms with E-state index in [-0.39, 0.29) is 24.3 Å². The molecule has 0 saturated heterocycles. The molecule has 4 rings (SSSR count). The molecule has 3 aromatic carbocycles. The van der Waals surface area contributed by atoms with E-state index in [0.29, 0.717) is 18.7 Å². The minimum absolute atomic E-state index is 0.121. The Morgan fingerprint density at radius 2 is 1.76 bits per heavy atom. The van der Waals surface area contributed by atoms with Crippen LogP contribution in [0.3, 0.4) is 0 Å². The molecule has 0 unspecified atom stereocenters. The molecule has 6 heteroatoms. The number of carbonyl (C=O) groups excluding carboxylic acids is 3. The van der Waals surface area contributed by atoms with Gasteiger partial charge in [-0.2, -0.15) is 0 Å². The highest BCUT2D eigenvalue weighted by molar-refractivity contribution is 6.26. The van der Waals surface area contributed by atoms with Crippen LogP contribution in [0.25, 0.3) is 10.8 Å². The smallest absolute Gasteiger partial charge is 0.259 e. The quantitative estimate of drug-likeness (QED) is 0.571. The Balaban J connectivity index is 1.63. The average molecular weight is 444 g/mol. The molecule has 33 heavy (non-hydrogen) atoms. The normalized spacial score (nSPS) is 13.3. The molecule has 6 nitrogen and oxygen atoms in total. The molecule has 1 heterocycles. The lowest BCUT2D eigenvalue weighted by atomic mass is 10.1. The van der Waals surface area contributed by atoms with Crippen molar-refractivity contribution < 1.29 is 14.4 Å². The summed E-state index contributed by atoms with van der Waals surface area (Å²) >= 11 is 0. The lowest BCUT2D eigenvalue weighted by Gasteiger charge is -2.31. The van der Waals surface area contributed by atoms with E-state index in [2.05, 4.69) is 5.32 Å². The highest BCUT2D eigenvalue weighted by atomic mass is 16.2. The lowest BCUT2D eigenvalue weighted by molar-refractivity contribution is -0.139. The van der Waals surface area contributed by atoms with Crippen LogP contribution in [0, 0.1) is 6.92 Å². The second-order valence-corrected chi connectivity index (χ2v) is 8.49. The number of benzene rings is 3. The predicted octanol–water partition coefficient (Wildman–Crippen LogP) is 4.05. The number of anilines is 1. The summed E-state index contributed by atoms with van der Waals surface area (Å²) in [6.07, 6.45) is 0.814. The Morgan fingerprint density at radius 1 is 1.03 bits per heavy atom. The van der Waals surface area contributed by atoms with Gasteiger partial charge in [-0.05, 0) is 48.9 Å². The highest BCUT2D eigenvalue weighted by Crippen LogP contribution is 2.37. The van der Waals surface area contributed by atoms with E-state index >= 15 is 0 Å². The van der Waals surface area contributed by atoms with E-state index < -0.39 is 6.04 Å². The van der Waals surface area contributed by atoms with Crippen molar-refractivity contribution in [3.63, 3.8) is 0 Å². The first-order chi connectivity index (χ1) is 15.9. The summed E-state index contributed by atoms with van der Waals surface area (Å²) in [7, 11) is 0. The van der Waals surface area contributed by atoms with Crippen LogP contribution in [-0.2, 0) is 16.1 Å². The maximum atomic E-state index is 13.6. The molecule has 0 fully saturated rings. The zero-order chi connectivity index (χ0) is 23.5. The van der Waals surface area contributed by atoms with Crippen molar-refractivity contribution in [2.24, 2.45) is 0 Å². The first-order valence-electron chi connectivity index (χ1n) is 11.4. The van der Waals surface area contributed by atoms with Gasteiger partial charge in [0.05, 0.1) is 5.69 Å². The van der Waals surface area contributed by atoms with Gasteiger partial charge in [-0.1, -0.05) is 55.5 Å². The highest BCUT2D eigenvalue weighted by Gasteiger charge is 2.34. The molecule has 1 aliphatic rings. The standard InChI is InChI=1S/C27H29N3O3/c1-4-15-28-26(32)19(3)29(16-21-10-6-5-9-18(21)2)24(31)17-30-23-14-8-12-20-11-7-13-22(25(20)23)27(30)33/h5-14,19H,4,15-17H2,1-3H3,(H,28,32)/t19-/m1/s1. The lowest BCUT2D eigenvalue weighted by Crippen LogP contribution is -2.51. The zero-order valence-corrected chi connectivity index (χ0v) is 19.3. The Bertz CT molecular complexity index is 1210. The van der Waals surface area contributed by atoms with E-state index in [1.54, 1.807) is 17.9 Å². The molecule has 170 valence electrons. The third kappa shape index (κ3) is 4.33. The number of nitrogens with one attached hydrogen (secondary N) is 1. The van der Waals surface area contributed by atoms with E-state index in [4.69, 9.17) is 0 Å². The van der Waals surface area contributed by atoms with Crippen molar-refractivity contribution in [3.05, 3.63) is 77.4 Å². The number of rotatable bonds is 8. The second-order valence-electron chi connectivity index (χ2n) is 8.49. The van der Waals surface area contributed by atoms with E-state index in [9.17, 15) is 14.4 Å². The van der Waals surface area contributed by atoms with Gasteiger partial charge in [-0.15, -0.1) is 0 Å². The summed E-state index contributed by atoms with van der Waals surface area (Å²) in [5.41, 5.74) is 3.36. The summed E-state index contributed by atoms with van der Waals surface area (Å²) in [5.74, 6) is -0.651. The maximum Gasteiger partial charge on any atom is 0.259 e. The summed E-state index contributed by atoms with van der Waals surface area (Å²) in [4.78, 5) is 42.6. The van der Waals surface area contributed by atoms with Gasteiger partial charge in [0.1, 0.15) is 12.6 Å². The fraction of sp³-hybridized carbons (Fsp3) is 0.296. The average Bonchev–Trinajstić information content (AvgIpc) is 3.09. The first kappa shape index (κ1) is 22.5. The van der Waals surface area contributed by atoms with Gasteiger partial charge >= 0.3 is 0 Å². The Labute approximate surface area is 194 Å². The van der Waals surface area contributed by atoms with Crippen LogP contribution in [0.1, 0.15) is 41.8 Å². The number of amides is 3. The summed E-state index contributed by atoms with van der Waals surface area (Å²) in [5, 5.41) is 4.73. The van der Waals surface area contributed by atoms with Crippen LogP contribution in [-0.4, -0.2) is 41.8 Å². The third-order valence-corrected chi connectivity index (χ3v) is 6.26. The van der Waals surface area contributed by atoms with Gasteiger partial charge < -0.3 is 10.2 Å². The minimum atomic E-state index is -0.667. The number of hydrogen-bond acceptors (Lipinski definition) is 3. The van der Waals surface area contributed by atoms with Crippen molar-refractivity contribution >= 4 is 34.2 Å². The topological polar surface area (TPSA) is 69.7 Å². The molecule has 1 aliphatic heterocycles. The molecular formula is C27H29N3O3. The van der Waals surface area contributed by atoms with Crippen LogP contribution in [0.2, 0.25) is 0 Å². The molecular weight excluding hydrogens is 414 g/mol. The SMILES string of the molecule is CCCNC(=O)[C@@H](C)N(Cc1ccccc1C)C(=O)CN1C(=O)c2cccc3cccc1c23. The van der Waals surface area contributed by atoms with Crippen molar-refractivity contribution in [2.45, 2.75) is 39.8 Å². The van der Waals surface area contributed by atoms with Crippen molar-refractivity contribution in [1.29, 1.82) is 0 Å². The first-order valence-corrected chi connectivity index (χ1v) is 11.4. The molecule has 0 aliphatic carbocycles. The fourth-order valence-corrected chi connectivity index (χ4v) is 4.31. The van der Waals surface area contributed by atoms with Gasteiger partial charge in [0, 0.05) is 24.0 Å². The maximum absolute atomic E-state index is 13.6. The molecule has 0 radical (unpaired) electrons. The van der Waals surface area contributed by atoms with Crippen LogP contribution in [0.15, 0.2) is 60.7 Å². The Hall–Kier alpha value is -3.67. The van der Waals surface area contributed by atoms with Crippen LogP contribution < -0.4 is 10.2 Å². The van der Waals surface area contributed by atoms with Gasteiger partial charge in [0.2, 0.25) is 11.8 Å². The predicted molar refractivity (Wildman–Crippen MR) is 130 cm³/mol. The third-order valence-electron chi connectivity index (χ3n) is 6.26. The van der Waals surface area contributed by atoms with Crippen LogP contribution in [0.4, 0.5) is 5.69 Å². The van der Waals surface area contributed by atoms with Gasteiger partial charge in [-0.25, -0.2) is 0 Å². The number of aryl methyl sites for hydroxylation is 1. The van der Waals surface area contributed by atoms with E-state index in [0.717, 1.165) is 34.0 Å². The van der Waals surface area contributed by atoms with E-state index in [1.165, 1.54) is 4.90 Å². The fourth-order valence-electron chi connectivity index (χ4n) is 4.31. The number of carbonyl (C=O) groups is 3. The molecule has 0 saturated carbocycles. The zero-order valence-electron chi connectivity index (χ0n) is 19.3. The molecule has 3 amide bonds. The van der Waals surface area contributed by atoms with Crippen molar-refractivity contribution in [2.75, 3.05) is 18.0 Å². The molecule has 3 aromatic rings. The van der Waals surface area contributed by atoms with Crippen LogP contribution >= 0.6 is 0 Å². The van der Waals surface area contributed by atoms with Gasteiger partial charge in [0.25, 0.3) is 5.91 Å². The van der Waals surface area contributed by atoms with Gasteiger partial charge in [-0.3, -0.25) is 19.3 Å². The summed E-state index contributed by atoms with van der Waals surface area (Å²) in [6, 6.07) is 18.5. The molecule has 1 N–H and O–H groups in total. The Kier molecular flexibility index (Phi) is 6.45. The molecule has 0 aromatic heterocycles. The van der Waals surface area contributed by atoms with Crippen LogP contribution in [0.5, 0.6) is 0 Å². The summed E-state index contributed by atoms with van der Waals surface area (Å²) < 4.78 is 0. The number of nitrogens with zero attached hydrogens (tertiary/aromatic N) is 2. The largest absolute Gasteiger partial charge is 0.354 e. The Morgan fingerprint density at radius 3 is 2.48 bits per heavy atom. The molecule has 0 spiro atoms. The van der Waals surface area contributed by atoms with Crippen molar-refractivity contribution in [3.8, 4) is 0 Å². The van der Waals surface area contributed by atoms with Crippen molar-refractivity contribution in [1.82, 2.24) is 10.2 Å². The monoisotopic (exact) mass is 443 g/mol. The molecule has 0 bridgehead atoms.